The van der Waals surface area contributed by atoms with Crippen molar-refractivity contribution < 1.29 is 72.7 Å². The molecule has 5 heterocycles. The molecular weight excluding hydrogens is 660 g/mol. The fourth-order valence-electron chi connectivity index (χ4n) is 9.12. The number of fused-ring (bicyclic) bond motifs is 8. The number of epoxide rings is 1. The lowest BCUT2D eigenvalue weighted by atomic mass is 9.75. The van der Waals surface area contributed by atoms with E-state index >= 15 is 0 Å². The number of hydrogen-bond acceptors (Lipinski definition) is 15. The van der Waals surface area contributed by atoms with E-state index in [0.29, 0.717) is 40.7 Å². The van der Waals surface area contributed by atoms with Crippen molar-refractivity contribution in [1.29, 1.82) is 0 Å². The average Bonchev–Trinajstić information content (AvgIpc) is 3.73. The first-order valence-corrected chi connectivity index (χ1v) is 16.8. The smallest absolute Gasteiger partial charge is 0.303 e. The van der Waals surface area contributed by atoms with Crippen molar-refractivity contribution in [3.8, 4) is 17.2 Å². The molecule has 9 atom stereocenters. The van der Waals surface area contributed by atoms with Gasteiger partial charge in [-0.2, -0.15) is 0 Å². The van der Waals surface area contributed by atoms with Crippen LogP contribution in [0.3, 0.4) is 0 Å². The Balaban J connectivity index is 1.33. The molecule has 270 valence electrons. The van der Waals surface area contributed by atoms with Gasteiger partial charge in [0, 0.05) is 36.3 Å². The number of hydrogen-bond donors (Lipinski definition) is 4. The number of aryl methyl sites for hydroxylation is 1. The van der Waals surface area contributed by atoms with Crippen LogP contribution in [0.25, 0.3) is 10.8 Å². The van der Waals surface area contributed by atoms with Crippen LogP contribution in [-0.4, -0.2) is 112 Å². The first-order valence-electron chi connectivity index (χ1n) is 16.8. The third kappa shape index (κ3) is 4.00. The number of phenolic OH excluding ortho intramolecular Hbond substituents is 1. The Labute approximate surface area is 286 Å². The number of Topliss-reactive ketones (excluding diaryl/α,β-unsaturated/α-hetero) is 2. The minimum Gasteiger partial charge on any atom is -0.506 e. The van der Waals surface area contributed by atoms with E-state index in [1.54, 1.807) is 0 Å². The predicted octanol–water partition coefficient (Wildman–Crippen LogP) is 1.41. The van der Waals surface area contributed by atoms with Crippen molar-refractivity contribution in [3.63, 3.8) is 0 Å². The molecule has 1 spiro atoms. The Morgan fingerprint density at radius 1 is 1.14 bits per heavy atom. The molecule has 6 aliphatic rings. The van der Waals surface area contributed by atoms with E-state index in [0.717, 1.165) is 6.92 Å². The van der Waals surface area contributed by atoms with E-state index < -0.39 is 84.4 Å². The van der Waals surface area contributed by atoms with Crippen molar-refractivity contribution in [2.24, 2.45) is 5.92 Å². The zero-order chi connectivity index (χ0) is 35.7. The van der Waals surface area contributed by atoms with E-state index in [1.165, 1.54) is 21.0 Å². The summed E-state index contributed by atoms with van der Waals surface area (Å²) < 4.78 is 50.6. The lowest BCUT2D eigenvalue weighted by Gasteiger charge is -2.52. The third-order valence-electron chi connectivity index (χ3n) is 11.5. The molecule has 0 radical (unpaired) electrons. The van der Waals surface area contributed by atoms with E-state index in [4.69, 9.17) is 37.9 Å². The van der Waals surface area contributed by atoms with Crippen molar-refractivity contribution in [2.75, 3.05) is 26.9 Å². The summed E-state index contributed by atoms with van der Waals surface area (Å²) in [7, 11) is 1.50. The second kappa shape index (κ2) is 11.0. The van der Waals surface area contributed by atoms with E-state index in [2.05, 4.69) is 0 Å². The van der Waals surface area contributed by atoms with Crippen LogP contribution in [-0.2, 0) is 44.4 Å². The fraction of sp³-hybridized carbons (Fsp3) is 0.629. The molecule has 7 unspecified atom stereocenters. The molecule has 1 aliphatic carbocycles. The Morgan fingerprint density at radius 3 is 2.48 bits per heavy atom. The number of aliphatic hydroxyl groups is 3. The second-order valence-corrected chi connectivity index (χ2v) is 14.1. The van der Waals surface area contributed by atoms with Gasteiger partial charge in [-0.1, -0.05) is 0 Å². The summed E-state index contributed by atoms with van der Waals surface area (Å²) in [6.45, 7) is 4.43. The van der Waals surface area contributed by atoms with Crippen LogP contribution in [0.1, 0.15) is 73.2 Å². The maximum Gasteiger partial charge on any atom is 0.303 e. The quantitative estimate of drug-likeness (QED) is 0.227. The monoisotopic (exact) mass is 700 g/mol. The average molecular weight is 701 g/mol. The van der Waals surface area contributed by atoms with E-state index in [9.17, 15) is 34.8 Å². The number of aromatic hydroxyl groups is 1. The molecule has 2 aromatic rings. The van der Waals surface area contributed by atoms with Crippen LogP contribution in [0.5, 0.6) is 17.2 Å². The number of carbonyl (C=O) groups is 3. The van der Waals surface area contributed by atoms with Gasteiger partial charge in [-0.05, 0) is 45.2 Å². The van der Waals surface area contributed by atoms with Crippen LogP contribution < -0.4 is 9.47 Å². The largest absolute Gasteiger partial charge is 0.506 e. The number of aliphatic hydroxyl groups excluding tert-OH is 2. The van der Waals surface area contributed by atoms with Crippen LogP contribution in [0, 0.1) is 12.8 Å². The van der Waals surface area contributed by atoms with Crippen LogP contribution >= 0.6 is 0 Å². The van der Waals surface area contributed by atoms with E-state index in [-0.39, 0.29) is 47.7 Å². The molecular formula is C35H40O15. The van der Waals surface area contributed by atoms with Gasteiger partial charge in [0.25, 0.3) is 5.79 Å². The van der Waals surface area contributed by atoms with Gasteiger partial charge in [-0.25, -0.2) is 0 Å². The highest BCUT2D eigenvalue weighted by Gasteiger charge is 2.93. The van der Waals surface area contributed by atoms with Crippen molar-refractivity contribution in [1.82, 2.24) is 0 Å². The number of ether oxygens (including phenoxy) is 8. The van der Waals surface area contributed by atoms with Crippen molar-refractivity contribution in [2.45, 2.75) is 107 Å². The maximum absolute atomic E-state index is 13.3. The number of phenols is 1. The van der Waals surface area contributed by atoms with Gasteiger partial charge in [-0.3, -0.25) is 14.4 Å². The lowest BCUT2D eigenvalue weighted by Crippen LogP contribution is -2.71. The zero-order valence-corrected chi connectivity index (χ0v) is 28.3. The van der Waals surface area contributed by atoms with Gasteiger partial charge in [0.2, 0.25) is 11.4 Å². The first-order chi connectivity index (χ1) is 23.7. The number of rotatable bonds is 8. The highest BCUT2D eigenvalue weighted by Crippen LogP contribution is 2.73. The minimum atomic E-state index is -2.19. The first kappa shape index (κ1) is 33.7. The summed E-state index contributed by atoms with van der Waals surface area (Å²) in [6, 6.07) is 1.82. The number of esters is 1. The zero-order valence-electron chi connectivity index (χ0n) is 28.3. The topological polar surface area (TPSA) is 209 Å². The molecule has 4 saturated heterocycles. The molecule has 15 nitrogen and oxygen atoms in total. The maximum atomic E-state index is 13.3. The van der Waals surface area contributed by atoms with Gasteiger partial charge in [0.1, 0.15) is 29.5 Å². The Hall–Kier alpha value is -3.41. The second-order valence-electron chi connectivity index (χ2n) is 14.1. The lowest BCUT2D eigenvalue weighted by molar-refractivity contribution is -0.374. The van der Waals surface area contributed by atoms with Crippen molar-refractivity contribution in [3.05, 3.63) is 28.3 Å². The molecule has 15 heteroatoms. The van der Waals surface area contributed by atoms with Crippen LogP contribution in [0.4, 0.5) is 0 Å². The minimum absolute atomic E-state index is 0.0674. The fourth-order valence-corrected chi connectivity index (χ4v) is 9.12. The van der Waals surface area contributed by atoms with Gasteiger partial charge >= 0.3 is 5.97 Å². The summed E-state index contributed by atoms with van der Waals surface area (Å²) in [5, 5.41) is 44.9. The number of carbonyl (C=O) groups excluding carboxylic acids is 3. The molecule has 4 N–H and O–H groups in total. The summed E-state index contributed by atoms with van der Waals surface area (Å²) in [5.74, 6) is -6.13. The molecule has 2 bridgehead atoms. The van der Waals surface area contributed by atoms with Gasteiger partial charge in [-0.15, -0.1) is 0 Å². The summed E-state index contributed by atoms with van der Waals surface area (Å²) in [5.41, 5.74) is -1.88. The Morgan fingerprint density at radius 2 is 1.86 bits per heavy atom. The molecule has 50 heavy (non-hydrogen) atoms. The highest BCUT2D eigenvalue weighted by molar-refractivity contribution is 6.11. The molecule has 0 saturated carbocycles. The summed E-state index contributed by atoms with van der Waals surface area (Å²) >= 11 is 0. The molecule has 0 aromatic heterocycles. The predicted molar refractivity (Wildman–Crippen MR) is 167 cm³/mol. The summed E-state index contributed by atoms with van der Waals surface area (Å²) in [4.78, 5) is 38.1. The van der Waals surface area contributed by atoms with E-state index in [1.807, 2.05) is 13.0 Å². The van der Waals surface area contributed by atoms with Gasteiger partial charge < -0.3 is 58.3 Å². The number of benzene rings is 2. The molecule has 5 aliphatic heterocycles. The normalized spacial score (nSPS) is 37.9. The summed E-state index contributed by atoms with van der Waals surface area (Å²) in [6.07, 6.45) is -4.88. The van der Waals surface area contributed by atoms with Crippen LogP contribution in [0.2, 0.25) is 0 Å². The third-order valence-corrected chi connectivity index (χ3v) is 11.5. The standard InChI is InChI=1S/C35H40O15/c1-14-9-20-26(27(41)25-19(28(20)43-5)7-6-8-21(25)40)29-24(14)30-31-35(48-29,32(13-44-32)34(49-30,50-31)18(11-36)12-37)47-23-10-22(46-17(4)39)33(42,15(2)38)16(3)45-23/h9,16,18,22-23,30-31,36-37,41-42H,6-8,10-13H2,1-5H3/t16?,22?,23?,30?,31?,32-,33?,34?,35-/m1/s1. The SMILES string of the molecule is COc1c2c(c(O)c3c4c(c(C)cc13)C1OC3(C(CO)CO)OC1[C@@](OC1CC(OC(C)=O)C(O)(C(C)=O)C(C)O1)(O4)[C@@]31CO1)C(=O)CCC2. The molecule has 2 aromatic carbocycles. The number of ketones is 2. The van der Waals surface area contributed by atoms with Gasteiger partial charge in [0.15, 0.2) is 29.6 Å². The number of methoxy groups -OCH3 is 1. The Kier molecular flexibility index (Phi) is 7.45. The molecule has 4 fully saturated rings. The Bertz CT molecular complexity index is 1830. The molecule has 0 amide bonds. The highest BCUT2D eigenvalue weighted by atomic mass is 16.9. The molecule has 8 rings (SSSR count). The van der Waals surface area contributed by atoms with Crippen LogP contribution in [0.15, 0.2) is 6.07 Å². The van der Waals surface area contributed by atoms with Crippen molar-refractivity contribution >= 4 is 28.3 Å². The van der Waals surface area contributed by atoms with Gasteiger partial charge in [0.05, 0.1) is 49.9 Å².